The van der Waals surface area contributed by atoms with Crippen LogP contribution in [-0.4, -0.2) is 63.9 Å². The van der Waals surface area contributed by atoms with Crippen molar-refractivity contribution in [3.8, 4) is 5.75 Å². The van der Waals surface area contributed by atoms with Crippen LogP contribution < -0.4 is 5.32 Å². The third-order valence-corrected chi connectivity index (χ3v) is 6.75. The molecule has 3 heterocycles. The van der Waals surface area contributed by atoms with Crippen LogP contribution in [-0.2, 0) is 20.7 Å². The van der Waals surface area contributed by atoms with Crippen LogP contribution in [0.1, 0.15) is 22.3 Å². The van der Waals surface area contributed by atoms with Gasteiger partial charge in [-0.25, -0.2) is 4.98 Å². The number of nitrogens with one attached hydrogen (secondary N) is 1. The number of hydrogen-bond acceptors (Lipinski definition) is 7. The van der Waals surface area contributed by atoms with Gasteiger partial charge >= 0.3 is 0 Å². The molecule has 0 aliphatic carbocycles. The minimum atomic E-state index is -0.900. The highest BCUT2D eigenvalue weighted by molar-refractivity contribution is 7.16. The Balaban J connectivity index is 1.41. The first-order valence-corrected chi connectivity index (χ1v) is 11.2. The summed E-state index contributed by atoms with van der Waals surface area (Å²) in [6.07, 6.45) is 0.492. The molecule has 0 bridgehead atoms. The first-order valence-electron chi connectivity index (χ1n) is 10.4. The average molecular weight is 452 g/mol. The van der Waals surface area contributed by atoms with Crippen molar-refractivity contribution in [2.75, 3.05) is 13.2 Å². The van der Waals surface area contributed by atoms with Crippen LogP contribution in [0.4, 0.5) is 0 Å². The Labute approximate surface area is 187 Å². The maximum Gasteiger partial charge on any atom is 0.252 e. The van der Waals surface area contributed by atoms with Gasteiger partial charge in [-0.15, -0.1) is 11.3 Å². The number of Topliss-reactive ketones (excluding diaryl/α,β-unsaturated/α-hetero) is 1. The predicted molar refractivity (Wildman–Crippen MR) is 118 cm³/mol. The predicted octanol–water partition coefficient (Wildman–Crippen LogP) is 1.91. The summed E-state index contributed by atoms with van der Waals surface area (Å²) in [5.74, 6) is -0.766. The van der Waals surface area contributed by atoms with Crippen molar-refractivity contribution in [3.05, 3.63) is 59.1 Å². The van der Waals surface area contributed by atoms with Gasteiger partial charge in [-0.2, -0.15) is 0 Å². The van der Waals surface area contributed by atoms with E-state index in [1.54, 1.807) is 41.9 Å². The van der Waals surface area contributed by atoms with E-state index in [9.17, 15) is 19.5 Å². The number of likely N-dealkylation sites (tertiary alicyclic amines) is 1. The van der Waals surface area contributed by atoms with E-state index in [-0.39, 0.29) is 36.6 Å². The number of nitrogens with zero attached hydrogens (tertiary/aromatic N) is 2. The van der Waals surface area contributed by atoms with Crippen LogP contribution in [0, 0.1) is 0 Å². The third-order valence-electron chi connectivity index (χ3n) is 5.94. The Morgan fingerprint density at radius 3 is 3.00 bits per heavy atom. The van der Waals surface area contributed by atoms with Crippen LogP contribution in [0.3, 0.4) is 0 Å². The molecule has 0 radical (unpaired) electrons. The van der Waals surface area contributed by atoms with Crippen LogP contribution in [0.25, 0.3) is 10.2 Å². The van der Waals surface area contributed by atoms with Crippen LogP contribution in [0.2, 0.25) is 0 Å². The molecule has 2 N–H and O–H groups in total. The van der Waals surface area contributed by atoms with Crippen LogP contribution in [0.15, 0.2) is 48.0 Å². The van der Waals surface area contributed by atoms with E-state index in [4.69, 9.17) is 4.74 Å². The molecule has 2 fully saturated rings. The molecular weight excluding hydrogens is 430 g/mol. The molecule has 2 aliphatic heterocycles. The summed E-state index contributed by atoms with van der Waals surface area (Å²) in [5, 5.41) is 12.7. The Morgan fingerprint density at radius 2 is 2.16 bits per heavy atom. The minimum absolute atomic E-state index is 0.0103. The molecule has 1 aromatic heterocycles. The van der Waals surface area contributed by atoms with Crippen molar-refractivity contribution >= 4 is 39.2 Å². The van der Waals surface area contributed by atoms with Crippen molar-refractivity contribution in [2.24, 2.45) is 0 Å². The standard InChI is InChI=1S/C23H21N3O5S/c27-15-3-1-2-13(8-15)9-17(23(30)26-7-6-19-21(26)18(28)11-31-19)25-22(29)14-4-5-20-16(10-14)24-12-32-20/h1-5,8,10,12,17,19,21,27H,6-7,9,11H2,(H,25,29). The molecule has 2 aromatic carbocycles. The lowest BCUT2D eigenvalue weighted by atomic mass is 10.0. The molecule has 3 atom stereocenters. The van der Waals surface area contributed by atoms with Gasteiger partial charge in [0.2, 0.25) is 5.91 Å². The smallest absolute Gasteiger partial charge is 0.252 e. The largest absolute Gasteiger partial charge is 0.508 e. The monoisotopic (exact) mass is 451 g/mol. The van der Waals surface area contributed by atoms with Gasteiger partial charge in [0.05, 0.1) is 21.8 Å². The topological polar surface area (TPSA) is 109 Å². The lowest BCUT2D eigenvalue weighted by molar-refractivity contribution is -0.138. The number of carbonyl (C=O) groups is 3. The number of thiazole rings is 1. The molecule has 164 valence electrons. The number of aromatic hydroxyl groups is 1. The number of phenols is 1. The lowest BCUT2D eigenvalue weighted by Crippen LogP contribution is -2.53. The van der Waals surface area contributed by atoms with E-state index in [0.29, 0.717) is 24.1 Å². The molecular formula is C23H21N3O5S. The molecule has 32 heavy (non-hydrogen) atoms. The van der Waals surface area contributed by atoms with Gasteiger partial charge in [0.25, 0.3) is 5.91 Å². The van der Waals surface area contributed by atoms with Crippen molar-refractivity contribution in [1.82, 2.24) is 15.2 Å². The highest BCUT2D eigenvalue weighted by Gasteiger charge is 2.48. The second-order valence-corrected chi connectivity index (χ2v) is 8.90. The number of carbonyl (C=O) groups excluding carboxylic acids is 3. The van der Waals surface area contributed by atoms with E-state index in [1.165, 1.54) is 16.2 Å². The molecule has 3 aromatic rings. The fourth-order valence-electron chi connectivity index (χ4n) is 4.40. The number of amides is 2. The zero-order valence-electron chi connectivity index (χ0n) is 17.1. The molecule has 2 amide bonds. The Hall–Kier alpha value is -3.30. The number of ether oxygens (including phenoxy) is 1. The fourth-order valence-corrected chi connectivity index (χ4v) is 5.06. The van der Waals surface area contributed by atoms with Gasteiger partial charge in [0.15, 0.2) is 5.78 Å². The normalized spacial score (nSPS) is 21.0. The second kappa shape index (κ2) is 8.33. The van der Waals surface area contributed by atoms with Gasteiger partial charge < -0.3 is 20.1 Å². The van der Waals surface area contributed by atoms with Gasteiger partial charge in [-0.3, -0.25) is 14.4 Å². The summed E-state index contributed by atoms with van der Waals surface area (Å²) in [7, 11) is 0. The quantitative estimate of drug-likeness (QED) is 0.614. The zero-order valence-corrected chi connectivity index (χ0v) is 17.9. The van der Waals surface area contributed by atoms with Gasteiger partial charge in [0, 0.05) is 18.5 Å². The summed E-state index contributed by atoms with van der Waals surface area (Å²) >= 11 is 1.48. The number of hydrogen-bond donors (Lipinski definition) is 2. The lowest BCUT2D eigenvalue weighted by Gasteiger charge is -2.27. The molecule has 9 heteroatoms. The molecule has 0 spiro atoms. The SMILES string of the molecule is O=C(NC(Cc1cccc(O)c1)C(=O)N1CCC2OCC(=O)C21)c1ccc2scnc2c1. The molecule has 5 rings (SSSR count). The van der Waals surface area contributed by atoms with Gasteiger partial charge in [-0.1, -0.05) is 12.1 Å². The Kier molecular flexibility index (Phi) is 5.36. The number of ketones is 1. The number of phenolic OH excluding ortho intramolecular Hbond substituents is 1. The summed E-state index contributed by atoms with van der Waals surface area (Å²) in [6, 6.07) is 10.3. The summed E-state index contributed by atoms with van der Waals surface area (Å²) in [6.45, 7) is 0.410. The average Bonchev–Trinajstić information content (AvgIpc) is 3.50. The second-order valence-electron chi connectivity index (χ2n) is 8.02. The fraction of sp³-hybridized carbons (Fsp3) is 0.304. The maximum absolute atomic E-state index is 13.5. The van der Waals surface area contributed by atoms with E-state index in [0.717, 1.165) is 10.2 Å². The van der Waals surface area contributed by atoms with E-state index in [2.05, 4.69) is 10.3 Å². The third kappa shape index (κ3) is 3.85. The first kappa shape index (κ1) is 20.6. The summed E-state index contributed by atoms with van der Waals surface area (Å²) < 4.78 is 6.47. The number of aromatic nitrogens is 1. The van der Waals surface area contributed by atoms with Crippen molar-refractivity contribution in [3.63, 3.8) is 0 Å². The zero-order chi connectivity index (χ0) is 22.2. The van der Waals surface area contributed by atoms with Gasteiger partial charge in [-0.05, 0) is 42.3 Å². The van der Waals surface area contributed by atoms with Crippen molar-refractivity contribution < 1.29 is 24.2 Å². The molecule has 2 aliphatic rings. The van der Waals surface area contributed by atoms with E-state index in [1.807, 2.05) is 6.07 Å². The highest BCUT2D eigenvalue weighted by Crippen LogP contribution is 2.28. The molecule has 8 nitrogen and oxygen atoms in total. The number of fused-ring (bicyclic) bond motifs is 2. The Bertz CT molecular complexity index is 1210. The molecule has 3 unspecified atom stereocenters. The number of rotatable bonds is 5. The van der Waals surface area contributed by atoms with Gasteiger partial charge in [0.1, 0.15) is 24.4 Å². The molecule has 2 saturated heterocycles. The van der Waals surface area contributed by atoms with Crippen LogP contribution in [0.5, 0.6) is 5.75 Å². The van der Waals surface area contributed by atoms with Crippen LogP contribution >= 0.6 is 11.3 Å². The summed E-state index contributed by atoms with van der Waals surface area (Å²) in [5.41, 5.74) is 3.53. The minimum Gasteiger partial charge on any atom is -0.508 e. The van der Waals surface area contributed by atoms with E-state index >= 15 is 0 Å². The maximum atomic E-state index is 13.5. The summed E-state index contributed by atoms with van der Waals surface area (Å²) in [4.78, 5) is 44.6. The van der Waals surface area contributed by atoms with E-state index < -0.39 is 18.0 Å². The van der Waals surface area contributed by atoms with Crippen molar-refractivity contribution in [2.45, 2.75) is 31.0 Å². The first-order chi connectivity index (χ1) is 15.5. The molecule has 0 saturated carbocycles. The Morgan fingerprint density at radius 1 is 1.28 bits per heavy atom. The van der Waals surface area contributed by atoms with Crippen molar-refractivity contribution in [1.29, 1.82) is 0 Å². The highest BCUT2D eigenvalue weighted by atomic mass is 32.1. The number of benzene rings is 2.